The van der Waals surface area contributed by atoms with Crippen LogP contribution in [0.2, 0.25) is 0 Å². The molecule has 156 valence electrons. The zero-order valence-electron chi connectivity index (χ0n) is 16.6. The first-order chi connectivity index (χ1) is 13.1. The first-order valence-electron chi connectivity index (χ1n) is 9.05. The Labute approximate surface area is 183 Å². The minimum absolute atomic E-state index is 0. The number of rotatable bonds is 10. The Morgan fingerprint density at radius 1 is 1.21 bits per heavy atom. The lowest BCUT2D eigenvalue weighted by Gasteiger charge is -2.19. The molecule has 0 saturated heterocycles. The topological polar surface area (TPSA) is 88.3 Å². The Hall–Kier alpha value is -1.78. The van der Waals surface area contributed by atoms with E-state index in [-0.39, 0.29) is 30.5 Å². The fourth-order valence-electron chi connectivity index (χ4n) is 2.48. The summed E-state index contributed by atoms with van der Waals surface area (Å²) in [5, 5.41) is 16.8. The fraction of sp³-hybridized carbons (Fsp3) is 0.450. The molecule has 2 rings (SSSR count). The molecule has 0 bridgehead atoms. The number of halogens is 1. The van der Waals surface area contributed by atoms with Crippen molar-refractivity contribution >= 4 is 29.9 Å². The Morgan fingerprint density at radius 2 is 2.00 bits per heavy atom. The highest BCUT2D eigenvalue weighted by Crippen LogP contribution is 2.21. The highest BCUT2D eigenvalue weighted by atomic mass is 127. The lowest BCUT2D eigenvalue weighted by molar-refractivity contribution is 0.0436. The number of methoxy groups -OCH3 is 1. The maximum atomic E-state index is 10.5. The number of hydrogen-bond acceptors (Lipinski definition) is 5. The minimum atomic E-state index is -1.16. The zero-order valence-corrected chi connectivity index (χ0v) is 18.9. The Balaban J connectivity index is 0.00000392. The number of nitrogens with one attached hydrogen (secondary N) is 2. The van der Waals surface area contributed by atoms with E-state index in [4.69, 9.17) is 13.9 Å². The standard InChI is InChI=1S/C20H29N3O4.HI/c1-4-21-19(23-15-20(2,24)18-10-7-12-27-18)22-11-13-26-14-16-8-5-6-9-17(16)25-3;/h5-10,12,24H,4,11,13-15H2,1-3H3,(H2,21,22,23);1H. The average Bonchev–Trinajstić information content (AvgIpc) is 3.22. The van der Waals surface area contributed by atoms with Gasteiger partial charge in [0.05, 0.1) is 33.1 Å². The molecule has 1 heterocycles. The predicted octanol–water partition coefficient (Wildman–Crippen LogP) is 2.89. The van der Waals surface area contributed by atoms with Crippen LogP contribution in [0, 0.1) is 0 Å². The van der Waals surface area contributed by atoms with E-state index in [1.807, 2.05) is 31.2 Å². The summed E-state index contributed by atoms with van der Waals surface area (Å²) in [6.07, 6.45) is 1.54. The van der Waals surface area contributed by atoms with Gasteiger partial charge in [-0.2, -0.15) is 0 Å². The quantitative estimate of drug-likeness (QED) is 0.200. The van der Waals surface area contributed by atoms with Gasteiger partial charge in [-0.25, -0.2) is 4.99 Å². The van der Waals surface area contributed by atoms with E-state index >= 15 is 0 Å². The van der Waals surface area contributed by atoms with Gasteiger partial charge in [0.15, 0.2) is 5.96 Å². The Morgan fingerprint density at radius 3 is 2.68 bits per heavy atom. The van der Waals surface area contributed by atoms with E-state index in [2.05, 4.69) is 15.6 Å². The van der Waals surface area contributed by atoms with Gasteiger partial charge in [-0.3, -0.25) is 0 Å². The van der Waals surface area contributed by atoms with Gasteiger partial charge in [0.25, 0.3) is 0 Å². The lowest BCUT2D eigenvalue weighted by atomic mass is 10.0. The molecule has 0 aliphatic carbocycles. The van der Waals surface area contributed by atoms with Crippen molar-refractivity contribution in [1.82, 2.24) is 10.6 Å². The van der Waals surface area contributed by atoms with Crippen molar-refractivity contribution in [2.24, 2.45) is 4.99 Å². The predicted molar refractivity (Wildman–Crippen MR) is 120 cm³/mol. The number of aliphatic hydroxyl groups is 1. The minimum Gasteiger partial charge on any atom is -0.496 e. The van der Waals surface area contributed by atoms with Crippen LogP contribution in [0.15, 0.2) is 52.1 Å². The SMILES string of the molecule is CCNC(=NCC(C)(O)c1ccco1)NCCOCc1ccccc1OC.I. The summed E-state index contributed by atoms with van der Waals surface area (Å²) in [5.41, 5.74) is -0.151. The first-order valence-corrected chi connectivity index (χ1v) is 9.05. The van der Waals surface area contributed by atoms with Crippen LogP contribution in [0.3, 0.4) is 0 Å². The van der Waals surface area contributed by atoms with Gasteiger partial charge >= 0.3 is 0 Å². The molecule has 7 nitrogen and oxygen atoms in total. The van der Waals surface area contributed by atoms with Crippen molar-refractivity contribution in [2.45, 2.75) is 26.1 Å². The van der Waals surface area contributed by atoms with Gasteiger partial charge in [0.1, 0.15) is 17.1 Å². The summed E-state index contributed by atoms with van der Waals surface area (Å²) in [6.45, 7) is 6.14. The third-order valence-electron chi connectivity index (χ3n) is 3.93. The largest absolute Gasteiger partial charge is 0.496 e. The van der Waals surface area contributed by atoms with E-state index in [1.165, 1.54) is 6.26 Å². The molecule has 0 aliphatic heterocycles. The van der Waals surface area contributed by atoms with Gasteiger partial charge in [0.2, 0.25) is 0 Å². The normalized spacial score (nSPS) is 13.4. The summed E-state index contributed by atoms with van der Waals surface area (Å²) >= 11 is 0. The molecule has 3 N–H and O–H groups in total. The van der Waals surface area contributed by atoms with E-state index in [0.29, 0.717) is 31.5 Å². The molecule has 0 aliphatic rings. The average molecular weight is 503 g/mol. The van der Waals surface area contributed by atoms with Gasteiger partial charge in [-0.1, -0.05) is 18.2 Å². The molecule has 1 unspecified atom stereocenters. The van der Waals surface area contributed by atoms with Crippen molar-refractivity contribution in [2.75, 3.05) is 33.4 Å². The number of ether oxygens (including phenoxy) is 2. The molecular formula is C20H30IN3O4. The Kier molecular flexibility index (Phi) is 10.9. The van der Waals surface area contributed by atoms with Gasteiger partial charge < -0.3 is 29.6 Å². The third-order valence-corrected chi connectivity index (χ3v) is 3.93. The van der Waals surface area contributed by atoms with Crippen LogP contribution in [-0.2, 0) is 16.9 Å². The second-order valence-corrected chi connectivity index (χ2v) is 6.24. The molecule has 0 radical (unpaired) electrons. The molecule has 0 fully saturated rings. The van der Waals surface area contributed by atoms with E-state index in [1.54, 1.807) is 26.2 Å². The van der Waals surface area contributed by atoms with Crippen molar-refractivity contribution < 1.29 is 19.0 Å². The van der Waals surface area contributed by atoms with Crippen molar-refractivity contribution in [3.63, 3.8) is 0 Å². The fourth-order valence-corrected chi connectivity index (χ4v) is 2.48. The van der Waals surface area contributed by atoms with Crippen LogP contribution < -0.4 is 15.4 Å². The Bertz CT molecular complexity index is 705. The third kappa shape index (κ3) is 7.69. The van der Waals surface area contributed by atoms with Crippen LogP contribution in [0.5, 0.6) is 5.75 Å². The second-order valence-electron chi connectivity index (χ2n) is 6.24. The van der Waals surface area contributed by atoms with E-state index in [0.717, 1.165) is 17.9 Å². The van der Waals surface area contributed by atoms with E-state index in [9.17, 15) is 5.11 Å². The van der Waals surface area contributed by atoms with Gasteiger partial charge in [-0.15, -0.1) is 24.0 Å². The summed E-state index contributed by atoms with van der Waals surface area (Å²) in [4.78, 5) is 4.43. The number of furan rings is 1. The van der Waals surface area contributed by atoms with Crippen LogP contribution >= 0.6 is 24.0 Å². The zero-order chi connectivity index (χ0) is 19.5. The van der Waals surface area contributed by atoms with Gasteiger partial charge in [-0.05, 0) is 32.0 Å². The highest BCUT2D eigenvalue weighted by molar-refractivity contribution is 14.0. The van der Waals surface area contributed by atoms with Crippen molar-refractivity contribution in [1.29, 1.82) is 0 Å². The first kappa shape index (κ1) is 24.3. The second kappa shape index (κ2) is 12.6. The van der Waals surface area contributed by atoms with Crippen LogP contribution in [-0.4, -0.2) is 44.4 Å². The molecule has 0 spiro atoms. The van der Waals surface area contributed by atoms with Crippen LogP contribution in [0.4, 0.5) is 0 Å². The van der Waals surface area contributed by atoms with Crippen LogP contribution in [0.1, 0.15) is 25.2 Å². The summed E-state index contributed by atoms with van der Waals surface area (Å²) < 4.78 is 16.3. The molecule has 0 saturated carbocycles. The molecule has 28 heavy (non-hydrogen) atoms. The van der Waals surface area contributed by atoms with E-state index < -0.39 is 5.60 Å². The van der Waals surface area contributed by atoms with Gasteiger partial charge in [0, 0.05) is 18.7 Å². The summed E-state index contributed by atoms with van der Waals surface area (Å²) in [5.74, 6) is 1.92. The maximum Gasteiger partial charge on any atom is 0.191 e. The number of aliphatic imine (C=N–C) groups is 1. The molecule has 1 atom stereocenters. The molecule has 2 aromatic rings. The monoisotopic (exact) mass is 503 g/mol. The van der Waals surface area contributed by atoms with Crippen molar-refractivity contribution in [3.05, 3.63) is 54.0 Å². The number of nitrogens with zero attached hydrogens (tertiary/aromatic N) is 1. The molecule has 8 heteroatoms. The summed E-state index contributed by atoms with van der Waals surface area (Å²) in [6, 6.07) is 11.3. The smallest absolute Gasteiger partial charge is 0.191 e. The lowest BCUT2D eigenvalue weighted by Crippen LogP contribution is -2.40. The van der Waals surface area contributed by atoms with Crippen LogP contribution in [0.25, 0.3) is 0 Å². The van der Waals surface area contributed by atoms with Crippen molar-refractivity contribution in [3.8, 4) is 5.75 Å². The number of para-hydroxylation sites is 1. The highest BCUT2D eigenvalue weighted by Gasteiger charge is 2.26. The number of guanidine groups is 1. The molecule has 0 amide bonds. The molecular weight excluding hydrogens is 473 g/mol. The maximum absolute atomic E-state index is 10.5. The summed E-state index contributed by atoms with van der Waals surface area (Å²) in [7, 11) is 1.65. The number of benzene rings is 1. The molecule has 1 aromatic heterocycles. The molecule has 1 aromatic carbocycles. The number of hydrogen-bond donors (Lipinski definition) is 3.